The van der Waals surface area contributed by atoms with Gasteiger partial charge in [-0.05, 0) is 30.5 Å². The number of aryl methyl sites for hydroxylation is 1. The number of hydrogen-bond donors (Lipinski definition) is 1. The fourth-order valence-electron chi connectivity index (χ4n) is 1.77. The minimum atomic E-state index is -3.46. The van der Waals surface area contributed by atoms with E-state index in [-0.39, 0.29) is 16.2 Å². The fraction of sp³-hybridized carbons (Fsp3) is 0.462. The number of sulfone groups is 1. The van der Waals surface area contributed by atoms with Gasteiger partial charge in [0.25, 0.3) is 0 Å². The topological polar surface area (TPSA) is 80.7 Å². The highest BCUT2D eigenvalue weighted by atomic mass is 32.2. The maximum absolute atomic E-state index is 12.0. The van der Waals surface area contributed by atoms with Crippen molar-refractivity contribution in [1.29, 1.82) is 0 Å². The predicted octanol–water partition coefficient (Wildman–Crippen LogP) is 1.76. The average molecular weight is 286 g/mol. The number of carboxylic acids is 1. The summed E-state index contributed by atoms with van der Waals surface area (Å²) >= 11 is 0. The number of ether oxygens (including phenoxy) is 1. The Hall–Kier alpha value is -1.40. The van der Waals surface area contributed by atoms with Crippen molar-refractivity contribution in [3.63, 3.8) is 0 Å². The third kappa shape index (κ3) is 4.04. The van der Waals surface area contributed by atoms with Gasteiger partial charge in [0.15, 0.2) is 9.84 Å². The number of aromatic carboxylic acids is 1. The molecule has 19 heavy (non-hydrogen) atoms. The molecule has 0 aromatic heterocycles. The summed E-state index contributed by atoms with van der Waals surface area (Å²) in [5.41, 5.74) is 0.679. The molecule has 0 saturated heterocycles. The standard InChI is InChI=1S/C13H18O5S/c1-3-10-5-6-11(9-12(10)13(14)15)19(16,17)8-4-7-18-2/h5-6,9H,3-4,7-8H2,1-2H3,(H,14,15). The van der Waals surface area contributed by atoms with Crippen molar-refractivity contribution >= 4 is 15.8 Å². The molecule has 1 aromatic rings. The second-order valence-electron chi connectivity index (χ2n) is 4.14. The molecule has 0 heterocycles. The molecule has 0 aliphatic carbocycles. The highest BCUT2D eigenvalue weighted by molar-refractivity contribution is 7.91. The van der Waals surface area contributed by atoms with Crippen LogP contribution >= 0.6 is 0 Å². The van der Waals surface area contributed by atoms with Crippen LogP contribution in [-0.4, -0.2) is 39.0 Å². The lowest BCUT2D eigenvalue weighted by Gasteiger charge is -2.08. The summed E-state index contributed by atoms with van der Waals surface area (Å²) in [6.07, 6.45) is 0.933. The normalized spacial score (nSPS) is 11.5. The molecule has 0 saturated carbocycles. The molecule has 1 aromatic carbocycles. The molecule has 0 fully saturated rings. The minimum Gasteiger partial charge on any atom is -0.478 e. The molecular formula is C13H18O5S. The number of methoxy groups -OCH3 is 1. The Bertz CT molecular complexity index is 548. The Kier molecular flexibility index (Phi) is 5.50. The van der Waals surface area contributed by atoms with Gasteiger partial charge in [-0.1, -0.05) is 13.0 Å². The lowest BCUT2D eigenvalue weighted by Crippen LogP contribution is -2.11. The zero-order valence-electron chi connectivity index (χ0n) is 11.0. The molecule has 1 rings (SSSR count). The van der Waals surface area contributed by atoms with Gasteiger partial charge < -0.3 is 9.84 Å². The molecule has 5 nitrogen and oxygen atoms in total. The van der Waals surface area contributed by atoms with Crippen molar-refractivity contribution in [3.05, 3.63) is 29.3 Å². The van der Waals surface area contributed by atoms with E-state index < -0.39 is 15.8 Å². The third-order valence-corrected chi connectivity index (χ3v) is 4.61. The van der Waals surface area contributed by atoms with Crippen molar-refractivity contribution < 1.29 is 23.1 Å². The molecule has 0 bridgehead atoms. The lowest BCUT2D eigenvalue weighted by atomic mass is 10.1. The van der Waals surface area contributed by atoms with Gasteiger partial charge in [0, 0.05) is 13.7 Å². The first-order valence-corrected chi connectivity index (χ1v) is 7.65. The third-order valence-electron chi connectivity index (χ3n) is 2.81. The lowest BCUT2D eigenvalue weighted by molar-refractivity contribution is 0.0695. The van der Waals surface area contributed by atoms with Crippen LogP contribution in [0.1, 0.15) is 29.3 Å². The molecule has 0 atom stereocenters. The van der Waals surface area contributed by atoms with Gasteiger partial charge in [-0.15, -0.1) is 0 Å². The Labute approximate surface area is 113 Å². The Morgan fingerprint density at radius 2 is 2.05 bits per heavy atom. The fourth-order valence-corrected chi connectivity index (χ4v) is 3.07. The van der Waals surface area contributed by atoms with Crippen molar-refractivity contribution in [2.75, 3.05) is 19.5 Å². The van der Waals surface area contributed by atoms with Gasteiger partial charge in [0.2, 0.25) is 0 Å². The number of carbonyl (C=O) groups is 1. The van der Waals surface area contributed by atoms with Crippen LogP contribution in [-0.2, 0) is 21.0 Å². The van der Waals surface area contributed by atoms with E-state index in [1.54, 1.807) is 6.07 Å². The summed E-state index contributed by atoms with van der Waals surface area (Å²) in [6.45, 7) is 2.19. The van der Waals surface area contributed by atoms with Crippen molar-refractivity contribution in [3.8, 4) is 0 Å². The van der Waals surface area contributed by atoms with E-state index >= 15 is 0 Å². The highest BCUT2D eigenvalue weighted by Gasteiger charge is 2.18. The summed E-state index contributed by atoms with van der Waals surface area (Å²) in [5.74, 6) is -1.16. The monoisotopic (exact) mass is 286 g/mol. The Morgan fingerprint density at radius 3 is 2.58 bits per heavy atom. The first-order valence-electron chi connectivity index (χ1n) is 6.00. The molecule has 0 aliphatic rings. The van der Waals surface area contributed by atoms with E-state index in [0.29, 0.717) is 25.0 Å². The molecule has 0 aliphatic heterocycles. The van der Waals surface area contributed by atoms with Gasteiger partial charge in [-0.3, -0.25) is 0 Å². The second-order valence-corrected chi connectivity index (χ2v) is 6.25. The Morgan fingerprint density at radius 1 is 1.37 bits per heavy atom. The summed E-state index contributed by atoms with van der Waals surface area (Å²) in [4.78, 5) is 11.2. The smallest absolute Gasteiger partial charge is 0.336 e. The van der Waals surface area contributed by atoms with Gasteiger partial charge in [-0.2, -0.15) is 0 Å². The zero-order valence-corrected chi connectivity index (χ0v) is 11.9. The summed E-state index contributed by atoms with van der Waals surface area (Å²) in [7, 11) is -1.95. The summed E-state index contributed by atoms with van der Waals surface area (Å²) < 4.78 is 28.9. The quantitative estimate of drug-likeness (QED) is 0.772. The van der Waals surface area contributed by atoms with Crippen LogP contribution in [0.2, 0.25) is 0 Å². The van der Waals surface area contributed by atoms with Gasteiger partial charge in [-0.25, -0.2) is 13.2 Å². The minimum absolute atomic E-state index is 0.0502. The van der Waals surface area contributed by atoms with E-state index in [1.807, 2.05) is 6.92 Å². The first-order chi connectivity index (χ1) is 8.92. The highest BCUT2D eigenvalue weighted by Crippen LogP contribution is 2.18. The van der Waals surface area contributed by atoms with Gasteiger partial charge in [0.05, 0.1) is 16.2 Å². The average Bonchev–Trinajstić information content (AvgIpc) is 2.38. The molecule has 6 heteroatoms. The predicted molar refractivity (Wildman–Crippen MR) is 71.3 cm³/mol. The van der Waals surface area contributed by atoms with Crippen molar-refractivity contribution in [2.45, 2.75) is 24.7 Å². The van der Waals surface area contributed by atoms with E-state index in [4.69, 9.17) is 9.84 Å². The number of rotatable bonds is 7. The van der Waals surface area contributed by atoms with Crippen LogP contribution in [0, 0.1) is 0 Å². The summed E-state index contributed by atoms with van der Waals surface area (Å²) in [6, 6.07) is 4.27. The summed E-state index contributed by atoms with van der Waals surface area (Å²) in [5, 5.41) is 9.09. The zero-order chi connectivity index (χ0) is 14.5. The van der Waals surface area contributed by atoms with Crippen molar-refractivity contribution in [1.82, 2.24) is 0 Å². The maximum atomic E-state index is 12.0. The molecule has 106 valence electrons. The molecule has 0 spiro atoms. The van der Waals surface area contributed by atoms with E-state index in [0.717, 1.165) is 0 Å². The number of benzene rings is 1. The number of hydrogen-bond acceptors (Lipinski definition) is 4. The van der Waals surface area contributed by atoms with Crippen LogP contribution in [0.15, 0.2) is 23.1 Å². The molecule has 0 amide bonds. The first kappa shape index (κ1) is 15.7. The largest absolute Gasteiger partial charge is 0.478 e. The van der Waals surface area contributed by atoms with Gasteiger partial charge >= 0.3 is 5.97 Å². The van der Waals surface area contributed by atoms with E-state index in [1.165, 1.54) is 19.2 Å². The van der Waals surface area contributed by atoms with E-state index in [2.05, 4.69) is 0 Å². The van der Waals surface area contributed by atoms with Crippen LogP contribution in [0.3, 0.4) is 0 Å². The molecular weight excluding hydrogens is 268 g/mol. The van der Waals surface area contributed by atoms with Crippen LogP contribution in [0.25, 0.3) is 0 Å². The molecule has 0 radical (unpaired) electrons. The van der Waals surface area contributed by atoms with Crippen LogP contribution in [0.5, 0.6) is 0 Å². The molecule has 0 unspecified atom stereocenters. The van der Waals surface area contributed by atoms with Crippen LogP contribution in [0.4, 0.5) is 0 Å². The van der Waals surface area contributed by atoms with Gasteiger partial charge in [0.1, 0.15) is 0 Å². The van der Waals surface area contributed by atoms with Crippen LogP contribution < -0.4 is 0 Å². The Balaban J connectivity index is 3.07. The SMILES string of the molecule is CCc1ccc(S(=O)(=O)CCCOC)cc1C(=O)O. The molecule has 1 N–H and O–H groups in total. The van der Waals surface area contributed by atoms with E-state index in [9.17, 15) is 13.2 Å². The maximum Gasteiger partial charge on any atom is 0.336 e. The second kappa shape index (κ2) is 6.68. The number of carboxylic acid groups (broad SMARTS) is 1. The van der Waals surface area contributed by atoms with Crippen molar-refractivity contribution in [2.24, 2.45) is 0 Å².